The summed E-state index contributed by atoms with van der Waals surface area (Å²) in [6.45, 7) is 9.64. The maximum atomic E-state index is 5.63. The normalized spacial score (nSPS) is 20.4. The molecule has 0 saturated carbocycles. The minimum atomic E-state index is 0.226. The fourth-order valence-corrected chi connectivity index (χ4v) is 3.57. The minimum Gasteiger partial charge on any atom is -0.381 e. The third kappa shape index (κ3) is 3.01. The van der Waals surface area contributed by atoms with Crippen molar-refractivity contribution >= 4 is 0 Å². The third-order valence-corrected chi connectivity index (χ3v) is 4.42. The average Bonchev–Trinajstić information content (AvgIpc) is 2.46. The molecule has 106 valence electrons. The molecule has 1 N–H and O–H groups in total. The molecule has 19 heavy (non-hydrogen) atoms. The van der Waals surface area contributed by atoms with E-state index in [1.807, 2.05) is 0 Å². The van der Waals surface area contributed by atoms with Crippen LogP contribution < -0.4 is 5.32 Å². The quantitative estimate of drug-likeness (QED) is 0.877. The van der Waals surface area contributed by atoms with Crippen LogP contribution in [0.5, 0.6) is 0 Å². The van der Waals surface area contributed by atoms with E-state index >= 15 is 0 Å². The number of rotatable bonds is 5. The Morgan fingerprint density at radius 3 is 2.32 bits per heavy atom. The molecule has 0 amide bonds. The zero-order valence-corrected chi connectivity index (χ0v) is 12.5. The molecule has 1 heterocycles. The zero-order chi connectivity index (χ0) is 13.7. The first-order valence-corrected chi connectivity index (χ1v) is 7.57. The molecule has 2 nitrogen and oxygen atoms in total. The van der Waals surface area contributed by atoms with E-state index < -0.39 is 0 Å². The fourth-order valence-electron chi connectivity index (χ4n) is 3.57. The Balaban J connectivity index is 2.38. The van der Waals surface area contributed by atoms with Crippen molar-refractivity contribution in [1.82, 2.24) is 5.32 Å². The van der Waals surface area contributed by atoms with E-state index in [9.17, 15) is 0 Å². The molecule has 0 radical (unpaired) electrons. The van der Waals surface area contributed by atoms with Crippen molar-refractivity contribution < 1.29 is 4.74 Å². The van der Waals surface area contributed by atoms with Gasteiger partial charge >= 0.3 is 0 Å². The largest absolute Gasteiger partial charge is 0.381 e. The maximum absolute atomic E-state index is 5.63. The first-order chi connectivity index (χ1) is 9.20. The Labute approximate surface area is 117 Å². The highest BCUT2D eigenvalue weighted by molar-refractivity contribution is 5.29. The first-order valence-electron chi connectivity index (χ1n) is 7.57. The number of likely N-dealkylation sites (N-methyl/N-ethyl adjacent to an activating group) is 1. The monoisotopic (exact) mass is 261 g/mol. The van der Waals surface area contributed by atoms with E-state index in [-0.39, 0.29) is 5.41 Å². The van der Waals surface area contributed by atoms with Crippen molar-refractivity contribution in [3.8, 4) is 0 Å². The van der Waals surface area contributed by atoms with Gasteiger partial charge in [0.25, 0.3) is 0 Å². The summed E-state index contributed by atoms with van der Waals surface area (Å²) in [6.07, 6.45) is 2.24. The van der Waals surface area contributed by atoms with E-state index in [1.54, 1.807) is 0 Å². The van der Waals surface area contributed by atoms with Crippen LogP contribution in [0.3, 0.4) is 0 Å². The molecule has 0 spiro atoms. The second-order valence-electron chi connectivity index (χ2n) is 5.91. The van der Waals surface area contributed by atoms with Crippen LogP contribution in [0.2, 0.25) is 0 Å². The molecule has 1 aliphatic rings. The molecule has 1 fully saturated rings. The van der Waals surface area contributed by atoms with Crippen LogP contribution in [0.4, 0.5) is 0 Å². The topological polar surface area (TPSA) is 21.3 Å². The Morgan fingerprint density at radius 2 is 1.79 bits per heavy atom. The van der Waals surface area contributed by atoms with Crippen LogP contribution in [-0.4, -0.2) is 25.8 Å². The summed E-state index contributed by atoms with van der Waals surface area (Å²) in [6, 6.07) is 11.5. The molecular formula is C17H27NO. The molecule has 1 aliphatic heterocycles. The van der Waals surface area contributed by atoms with Gasteiger partial charge in [-0.05, 0) is 30.9 Å². The Bertz CT molecular complexity index is 368. The summed E-state index contributed by atoms with van der Waals surface area (Å²) in [5.74, 6) is 0.623. The van der Waals surface area contributed by atoms with E-state index in [1.165, 1.54) is 5.56 Å². The molecule has 0 aliphatic carbocycles. The SMILES string of the molecule is CCNC(C(C)C)C1(c2ccccc2)CCOCC1. The predicted octanol–water partition coefficient (Wildman–Crippen LogP) is 3.37. The lowest BCUT2D eigenvalue weighted by atomic mass is 9.65. The highest BCUT2D eigenvalue weighted by Crippen LogP contribution is 2.40. The average molecular weight is 261 g/mol. The third-order valence-electron chi connectivity index (χ3n) is 4.42. The molecule has 1 atom stereocenters. The van der Waals surface area contributed by atoms with Crippen molar-refractivity contribution in [3.05, 3.63) is 35.9 Å². The smallest absolute Gasteiger partial charge is 0.0475 e. The van der Waals surface area contributed by atoms with Crippen molar-refractivity contribution in [2.24, 2.45) is 5.92 Å². The second kappa shape index (κ2) is 6.53. The predicted molar refractivity (Wildman–Crippen MR) is 80.5 cm³/mol. The van der Waals surface area contributed by atoms with Gasteiger partial charge in [0.05, 0.1) is 0 Å². The van der Waals surface area contributed by atoms with Gasteiger partial charge < -0.3 is 10.1 Å². The van der Waals surface area contributed by atoms with Crippen LogP contribution in [0.1, 0.15) is 39.2 Å². The molecule has 1 aromatic rings. The number of ether oxygens (including phenoxy) is 1. The van der Waals surface area contributed by atoms with Crippen molar-refractivity contribution in [2.45, 2.75) is 45.1 Å². The van der Waals surface area contributed by atoms with E-state index in [0.717, 1.165) is 32.6 Å². The molecule has 2 heteroatoms. The highest BCUT2D eigenvalue weighted by Gasteiger charge is 2.42. The van der Waals surface area contributed by atoms with Gasteiger partial charge in [-0.25, -0.2) is 0 Å². The molecular weight excluding hydrogens is 234 g/mol. The Hall–Kier alpha value is -0.860. The minimum absolute atomic E-state index is 0.226. The fraction of sp³-hybridized carbons (Fsp3) is 0.647. The molecule has 2 rings (SSSR count). The summed E-state index contributed by atoms with van der Waals surface area (Å²) in [4.78, 5) is 0. The van der Waals surface area contributed by atoms with Crippen molar-refractivity contribution in [3.63, 3.8) is 0 Å². The van der Waals surface area contributed by atoms with Crippen molar-refractivity contribution in [2.75, 3.05) is 19.8 Å². The van der Waals surface area contributed by atoms with Gasteiger partial charge in [-0.2, -0.15) is 0 Å². The second-order valence-corrected chi connectivity index (χ2v) is 5.91. The summed E-state index contributed by atoms with van der Waals surface area (Å²) in [5, 5.41) is 3.74. The Kier molecular flexibility index (Phi) is 5.00. The number of nitrogens with one attached hydrogen (secondary N) is 1. The number of benzene rings is 1. The van der Waals surface area contributed by atoms with Gasteiger partial charge in [-0.15, -0.1) is 0 Å². The lowest BCUT2D eigenvalue weighted by Crippen LogP contribution is -2.54. The van der Waals surface area contributed by atoms with Crippen LogP contribution >= 0.6 is 0 Å². The van der Waals surface area contributed by atoms with Crippen molar-refractivity contribution in [1.29, 1.82) is 0 Å². The summed E-state index contributed by atoms with van der Waals surface area (Å²) < 4.78 is 5.63. The van der Waals surface area contributed by atoms with Gasteiger partial charge in [0.2, 0.25) is 0 Å². The summed E-state index contributed by atoms with van der Waals surface area (Å²) >= 11 is 0. The number of hydrogen-bond donors (Lipinski definition) is 1. The van der Waals surface area contributed by atoms with E-state index in [4.69, 9.17) is 4.74 Å². The van der Waals surface area contributed by atoms with Gasteiger partial charge in [-0.1, -0.05) is 51.1 Å². The van der Waals surface area contributed by atoms with Gasteiger partial charge in [-0.3, -0.25) is 0 Å². The molecule has 0 bridgehead atoms. The maximum Gasteiger partial charge on any atom is 0.0475 e. The van der Waals surface area contributed by atoms with Crippen LogP contribution in [0.15, 0.2) is 30.3 Å². The lowest BCUT2D eigenvalue weighted by Gasteiger charge is -2.46. The van der Waals surface area contributed by atoms with Crippen LogP contribution in [-0.2, 0) is 10.2 Å². The zero-order valence-electron chi connectivity index (χ0n) is 12.5. The van der Waals surface area contributed by atoms with E-state index in [2.05, 4.69) is 56.4 Å². The van der Waals surface area contributed by atoms with Gasteiger partial charge in [0.15, 0.2) is 0 Å². The molecule has 1 saturated heterocycles. The van der Waals surface area contributed by atoms with Crippen LogP contribution in [0.25, 0.3) is 0 Å². The molecule has 1 unspecified atom stereocenters. The summed E-state index contributed by atoms with van der Waals surface area (Å²) in [7, 11) is 0. The standard InChI is InChI=1S/C17H27NO/c1-4-18-16(14(2)3)17(10-12-19-13-11-17)15-8-6-5-7-9-15/h5-9,14,16,18H,4,10-13H2,1-3H3. The molecule has 0 aromatic heterocycles. The lowest BCUT2D eigenvalue weighted by molar-refractivity contribution is 0.0268. The Morgan fingerprint density at radius 1 is 1.16 bits per heavy atom. The van der Waals surface area contributed by atoms with E-state index in [0.29, 0.717) is 12.0 Å². The number of hydrogen-bond acceptors (Lipinski definition) is 2. The molecule has 1 aromatic carbocycles. The first kappa shape index (κ1) is 14.5. The summed E-state index contributed by atoms with van der Waals surface area (Å²) in [5.41, 5.74) is 1.70. The van der Waals surface area contributed by atoms with Crippen LogP contribution in [0, 0.1) is 5.92 Å². The van der Waals surface area contributed by atoms with Gasteiger partial charge in [0.1, 0.15) is 0 Å². The highest BCUT2D eigenvalue weighted by atomic mass is 16.5. The van der Waals surface area contributed by atoms with Gasteiger partial charge in [0, 0.05) is 24.7 Å².